The number of urea groups is 1. The number of carbonyl (C=O) groups is 1. The van der Waals surface area contributed by atoms with E-state index in [-0.39, 0.29) is 17.5 Å². The van der Waals surface area contributed by atoms with Crippen LogP contribution in [-0.2, 0) is 9.47 Å². The summed E-state index contributed by atoms with van der Waals surface area (Å²) in [5.74, 6) is -0.693. The Morgan fingerprint density at radius 2 is 2.04 bits per heavy atom. The molecule has 1 aliphatic heterocycles. The zero-order valence-electron chi connectivity index (χ0n) is 14.5. The summed E-state index contributed by atoms with van der Waals surface area (Å²) in [7, 11) is 3.31. The minimum Gasteiger partial charge on any atom is -0.353 e. The van der Waals surface area contributed by atoms with Crippen LogP contribution in [0.15, 0.2) is 18.5 Å². The van der Waals surface area contributed by atoms with Crippen LogP contribution < -0.4 is 5.32 Å². The highest BCUT2D eigenvalue weighted by atomic mass is 19.1. The van der Waals surface area contributed by atoms with Gasteiger partial charge in [0.05, 0.1) is 18.1 Å². The number of ether oxygens (including phenoxy) is 2. The Balaban J connectivity index is 1.68. The molecule has 2 aliphatic rings. The van der Waals surface area contributed by atoms with Crippen LogP contribution in [-0.4, -0.2) is 48.5 Å². The number of methoxy groups -OCH3 is 2. The first-order valence-corrected chi connectivity index (χ1v) is 8.13. The van der Waals surface area contributed by atoms with Crippen LogP contribution in [0.3, 0.4) is 0 Å². The van der Waals surface area contributed by atoms with Crippen LogP contribution in [0.25, 0.3) is 0 Å². The molecule has 1 aromatic heterocycles. The number of hydrogen-bond acceptors (Lipinski definition) is 4. The van der Waals surface area contributed by atoms with Gasteiger partial charge in [0.25, 0.3) is 0 Å². The van der Waals surface area contributed by atoms with Crippen molar-refractivity contribution in [1.82, 2.24) is 9.88 Å². The van der Waals surface area contributed by atoms with Crippen molar-refractivity contribution >= 4 is 11.7 Å². The predicted molar refractivity (Wildman–Crippen MR) is 87.0 cm³/mol. The lowest BCUT2D eigenvalue weighted by molar-refractivity contribution is -0.331. The van der Waals surface area contributed by atoms with Crippen molar-refractivity contribution in [3.8, 4) is 0 Å². The molecule has 1 saturated carbocycles. The van der Waals surface area contributed by atoms with Gasteiger partial charge in [-0.15, -0.1) is 0 Å². The van der Waals surface area contributed by atoms with Crippen molar-refractivity contribution in [2.24, 2.45) is 11.3 Å². The molecule has 2 fully saturated rings. The van der Waals surface area contributed by atoms with Crippen LogP contribution >= 0.6 is 0 Å². The third-order valence-electron chi connectivity index (χ3n) is 5.28. The van der Waals surface area contributed by atoms with Gasteiger partial charge in [-0.3, -0.25) is 4.98 Å². The smallest absolute Gasteiger partial charge is 0.322 e. The lowest BCUT2D eigenvalue weighted by Crippen LogP contribution is -2.77. The zero-order valence-corrected chi connectivity index (χ0v) is 14.5. The Hall–Kier alpha value is -1.73. The summed E-state index contributed by atoms with van der Waals surface area (Å²) in [6.45, 7) is 4.86. The van der Waals surface area contributed by atoms with Crippen LogP contribution in [0.2, 0.25) is 0 Å². The largest absolute Gasteiger partial charge is 0.353 e. The highest BCUT2D eigenvalue weighted by molar-refractivity contribution is 5.90. The first-order valence-electron chi connectivity index (χ1n) is 8.13. The molecule has 1 spiro atoms. The summed E-state index contributed by atoms with van der Waals surface area (Å²) in [5.41, 5.74) is 0.401. The van der Waals surface area contributed by atoms with E-state index in [9.17, 15) is 9.18 Å². The first-order chi connectivity index (χ1) is 11.3. The number of nitrogens with zero attached hydrogens (tertiary/aromatic N) is 2. The molecule has 3 rings (SSSR count). The zero-order chi connectivity index (χ0) is 17.5. The van der Waals surface area contributed by atoms with Crippen molar-refractivity contribution in [2.45, 2.75) is 38.5 Å². The number of halogens is 1. The Bertz CT molecular complexity index is 625. The van der Waals surface area contributed by atoms with Crippen molar-refractivity contribution < 1.29 is 18.7 Å². The Labute approximate surface area is 141 Å². The molecule has 7 heteroatoms. The fraction of sp³-hybridized carbons (Fsp3) is 0.647. The number of aromatic nitrogens is 1. The topological polar surface area (TPSA) is 63.7 Å². The highest BCUT2D eigenvalue weighted by Gasteiger charge is 2.67. The van der Waals surface area contributed by atoms with E-state index in [1.165, 1.54) is 12.3 Å². The second kappa shape index (κ2) is 5.97. The number of pyridine rings is 1. The molecule has 1 aromatic rings. The SMILES string of the molecule is COC1(OC)CC2(CN(C(=O)Nc3cncc(F)c3)C2C(C)C)C1. The van der Waals surface area contributed by atoms with E-state index in [4.69, 9.17) is 9.47 Å². The average Bonchev–Trinajstić information content (AvgIpc) is 2.45. The summed E-state index contributed by atoms with van der Waals surface area (Å²) in [6.07, 6.45) is 4.10. The number of hydrogen-bond donors (Lipinski definition) is 1. The van der Waals surface area contributed by atoms with E-state index in [1.54, 1.807) is 14.2 Å². The maximum Gasteiger partial charge on any atom is 0.322 e. The summed E-state index contributed by atoms with van der Waals surface area (Å²) in [5, 5.41) is 2.73. The molecule has 0 bridgehead atoms. The van der Waals surface area contributed by atoms with Gasteiger partial charge >= 0.3 is 6.03 Å². The van der Waals surface area contributed by atoms with Gasteiger partial charge in [0.15, 0.2) is 5.79 Å². The highest BCUT2D eigenvalue weighted by Crippen LogP contribution is 2.61. The number of carbonyl (C=O) groups excluding carboxylic acids is 1. The molecular formula is C17H24FN3O3. The van der Waals surface area contributed by atoms with Crippen LogP contribution in [0.4, 0.5) is 14.9 Å². The Morgan fingerprint density at radius 1 is 1.38 bits per heavy atom. The summed E-state index contributed by atoms with van der Waals surface area (Å²) < 4.78 is 24.2. The van der Waals surface area contributed by atoms with E-state index in [2.05, 4.69) is 24.1 Å². The quantitative estimate of drug-likeness (QED) is 0.858. The van der Waals surface area contributed by atoms with Gasteiger partial charge in [-0.1, -0.05) is 13.8 Å². The second-order valence-corrected chi connectivity index (χ2v) is 7.17. The van der Waals surface area contributed by atoms with E-state index < -0.39 is 11.6 Å². The van der Waals surface area contributed by atoms with Crippen molar-refractivity contribution in [1.29, 1.82) is 0 Å². The molecule has 6 nitrogen and oxygen atoms in total. The van der Waals surface area contributed by atoms with E-state index >= 15 is 0 Å². The van der Waals surface area contributed by atoms with Gasteiger partial charge in [0.1, 0.15) is 5.82 Å². The minimum atomic E-state index is -0.526. The van der Waals surface area contributed by atoms with Crippen molar-refractivity contribution in [3.05, 3.63) is 24.3 Å². The fourth-order valence-electron chi connectivity index (χ4n) is 4.40. The number of anilines is 1. The Kier molecular flexibility index (Phi) is 4.25. The molecule has 2 amide bonds. The molecule has 1 saturated heterocycles. The average molecular weight is 337 g/mol. The molecule has 1 aliphatic carbocycles. The second-order valence-electron chi connectivity index (χ2n) is 7.17. The van der Waals surface area contributed by atoms with E-state index in [0.29, 0.717) is 18.2 Å². The third kappa shape index (κ3) is 2.65. The third-order valence-corrected chi connectivity index (χ3v) is 5.28. The van der Waals surface area contributed by atoms with Gasteiger partial charge in [-0.05, 0) is 5.92 Å². The van der Waals surface area contributed by atoms with Crippen LogP contribution in [0.1, 0.15) is 26.7 Å². The summed E-state index contributed by atoms with van der Waals surface area (Å²) in [6, 6.07) is 1.14. The summed E-state index contributed by atoms with van der Waals surface area (Å²) in [4.78, 5) is 18.1. The number of amides is 2. The van der Waals surface area contributed by atoms with Gasteiger partial charge in [0.2, 0.25) is 0 Å². The lowest BCUT2D eigenvalue weighted by Gasteiger charge is -2.68. The van der Waals surface area contributed by atoms with Crippen molar-refractivity contribution in [3.63, 3.8) is 0 Å². The van der Waals surface area contributed by atoms with Gasteiger partial charge in [0, 0.05) is 51.1 Å². The molecule has 0 radical (unpaired) electrons. The van der Waals surface area contributed by atoms with Crippen LogP contribution in [0.5, 0.6) is 0 Å². The molecule has 1 N–H and O–H groups in total. The fourth-order valence-corrected chi connectivity index (χ4v) is 4.40. The van der Waals surface area contributed by atoms with Gasteiger partial charge < -0.3 is 19.7 Å². The monoisotopic (exact) mass is 337 g/mol. The van der Waals surface area contributed by atoms with Crippen molar-refractivity contribution in [2.75, 3.05) is 26.1 Å². The maximum atomic E-state index is 13.2. The molecule has 24 heavy (non-hydrogen) atoms. The molecule has 132 valence electrons. The van der Waals surface area contributed by atoms with Crippen LogP contribution in [0, 0.1) is 17.2 Å². The standard InChI is InChI=1S/C17H24FN3O3/c1-11(2)14-16(8-17(9-16,23-3)24-4)10-21(14)15(22)20-13-5-12(18)6-19-7-13/h5-7,11,14H,8-10H2,1-4H3,(H,20,22). The number of nitrogens with one attached hydrogen (secondary N) is 1. The minimum absolute atomic E-state index is 0.0394. The number of rotatable bonds is 4. The molecule has 0 aromatic carbocycles. The molecule has 1 atom stereocenters. The maximum absolute atomic E-state index is 13.2. The Morgan fingerprint density at radius 3 is 2.58 bits per heavy atom. The van der Waals surface area contributed by atoms with E-state index in [0.717, 1.165) is 19.0 Å². The van der Waals surface area contributed by atoms with Gasteiger partial charge in [-0.25, -0.2) is 9.18 Å². The normalized spacial score (nSPS) is 23.8. The molecular weight excluding hydrogens is 313 g/mol. The first kappa shape index (κ1) is 17.1. The van der Waals surface area contributed by atoms with Gasteiger partial charge in [-0.2, -0.15) is 0 Å². The van der Waals surface area contributed by atoms with E-state index in [1.807, 2.05) is 4.90 Å². The molecule has 1 unspecified atom stereocenters. The summed E-state index contributed by atoms with van der Waals surface area (Å²) >= 11 is 0. The molecule has 2 heterocycles. The predicted octanol–water partition coefficient (Wildman–Crippen LogP) is 2.86. The number of likely N-dealkylation sites (tertiary alicyclic amines) is 1. The lowest BCUT2D eigenvalue weighted by atomic mass is 9.52.